The van der Waals surface area contributed by atoms with Gasteiger partial charge in [0.05, 0.1) is 10.3 Å². The molecule has 0 aliphatic heterocycles. The molecule has 0 saturated carbocycles. The van der Waals surface area contributed by atoms with Crippen LogP contribution in [-0.4, -0.2) is 10.1 Å². The van der Waals surface area contributed by atoms with Gasteiger partial charge < -0.3 is 0 Å². The summed E-state index contributed by atoms with van der Waals surface area (Å²) in [6.07, 6.45) is 0. The maximum atomic E-state index is 11.0. The van der Waals surface area contributed by atoms with Gasteiger partial charge in [-0.25, -0.2) is 20.2 Å². The van der Waals surface area contributed by atoms with Gasteiger partial charge in [0.1, 0.15) is 11.4 Å². The molecule has 0 atom stereocenters. The molecule has 0 fully saturated rings. The van der Waals surface area contributed by atoms with Gasteiger partial charge in [-0.15, -0.1) is 0 Å². The van der Waals surface area contributed by atoms with Gasteiger partial charge in [0.15, 0.2) is 10.1 Å². The van der Waals surface area contributed by atoms with Gasteiger partial charge in [-0.1, -0.05) is 36.4 Å². The minimum atomic E-state index is -0.894. The van der Waals surface area contributed by atoms with Crippen molar-refractivity contribution in [2.75, 3.05) is 10.3 Å². The highest BCUT2D eigenvalue weighted by atomic mass is 17.0. The lowest BCUT2D eigenvalue weighted by atomic mass is 10.3. The molecular formula is C12H10N4O5. The number of nitrogens with zero attached hydrogens (tertiary/aromatic N) is 4. The van der Waals surface area contributed by atoms with Crippen LogP contribution in [-0.2, 0) is 4.94 Å². The summed E-state index contributed by atoms with van der Waals surface area (Å²) in [6.45, 7) is 0. The molecule has 0 amide bonds. The smallest absolute Gasteiger partial charge is 0.194 e. The number of hydrazine groups is 2. The Kier molecular flexibility index (Phi) is 4.26. The van der Waals surface area contributed by atoms with E-state index in [9.17, 15) is 20.2 Å². The molecule has 0 aliphatic rings. The molecule has 9 nitrogen and oxygen atoms in total. The van der Waals surface area contributed by atoms with E-state index in [0.29, 0.717) is 0 Å². The topological polar surface area (TPSA) is 102 Å². The van der Waals surface area contributed by atoms with E-state index >= 15 is 0 Å². The van der Waals surface area contributed by atoms with Crippen LogP contribution in [0.4, 0.5) is 11.4 Å². The van der Waals surface area contributed by atoms with Crippen LogP contribution in [0.3, 0.4) is 0 Å². The summed E-state index contributed by atoms with van der Waals surface area (Å²) in [4.78, 5) is 26.9. The summed E-state index contributed by atoms with van der Waals surface area (Å²) < 4.78 is 0. The summed E-state index contributed by atoms with van der Waals surface area (Å²) in [6, 6.07) is 15.1. The van der Waals surface area contributed by atoms with Crippen LogP contribution in [0.1, 0.15) is 0 Å². The Morgan fingerprint density at radius 1 is 0.714 bits per heavy atom. The van der Waals surface area contributed by atoms with Gasteiger partial charge in [-0.3, -0.25) is 0 Å². The molecule has 0 heterocycles. The van der Waals surface area contributed by atoms with Crippen LogP contribution >= 0.6 is 0 Å². The Bertz CT molecular complexity index is 567. The molecule has 0 spiro atoms. The molecule has 108 valence electrons. The van der Waals surface area contributed by atoms with Crippen molar-refractivity contribution in [2.24, 2.45) is 0 Å². The maximum Gasteiger partial charge on any atom is 0.194 e. The third-order valence-electron chi connectivity index (χ3n) is 2.41. The van der Waals surface area contributed by atoms with Crippen LogP contribution < -0.4 is 10.3 Å². The fraction of sp³-hybridized carbons (Fsp3) is 0. The van der Waals surface area contributed by atoms with Gasteiger partial charge in [0.2, 0.25) is 0 Å². The summed E-state index contributed by atoms with van der Waals surface area (Å²) in [7, 11) is 0. The lowest BCUT2D eigenvalue weighted by molar-refractivity contribution is -0.611. The molecule has 0 aromatic heterocycles. The van der Waals surface area contributed by atoms with Crippen molar-refractivity contribution < 1.29 is 15.0 Å². The van der Waals surface area contributed by atoms with E-state index in [0.717, 1.165) is 0 Å². The monoisotopic (exact) mass is 290 g/mol. The van der Waals surface area contributed by atoms with Gasteiger partial charge >= 0.3 is 0 Å². The van der Waals surface area contributed by atoms with E-state index in [1.807, 2.05) is 0 Å². The number of benzene rings is 2. The summed E-state index contributed by atoms with van der Waals surface area (Å²) >= 11 is 0. The van der Waals surface area contributed by atoms with Crippen molar-refractivity contribution in [3.05, 3.63) is 80.9 Å². The first kappa shape index (κ1) is 14.2. The largest absolute Gasteiger partial charge is 0.232 e. The van der Waals surface area contributed by atoms with E-state index in [1.165, 1.54) is 24.3 Å². The van der Waals surface area contributed by atoms with Gasteiger partial charge in [-0.05, 0) is 29.2 Å². The summed E-state index contributed by atoms with van der Waals surface area (Å²) in [5, 5.41) is 20.7. The molecule has 2 aromatic carbocycles. The summed E-state index contributed by atoms with van der Waals surface area (Å²) in [5.41, 5.74) is 0.0931. The number of hydrogen-bond acceptors (Lipinski definition) is 5. The highest BCUT2D eigenvalue weighted by molar-refractivity contribution is 5.43. The SMILES string of the molecule is O=[N+]([O-])N(ON(c1ccccc1)[N+](=O)[O-])c1ccccc1. The van der Waals surface area contributed by atoms with Crippen molar-refractivity contribution in [2.45, 2.75) is 0 Å². The quantitative estimate of drug-likeness (QED) is 0.593. The number of rotatable bonds is 6. The molecule has 0 bridgehead atoms. The molecule has 9 heteroatoms. The fourth-order valence-corrected chi connectivity index (χ4v) is 1.53. The Hall–Kier alpha value is -3.20. The minimum absolute atomic E-state index is 0.0466. The molecule has 0 saturated heterocycles. The van der Waals surface area contributed by atoms with E-state index in [2.05, 4.69) is 0 Å². The van der Waals surface area contributed by atoms with E-state index in [1.54, 1.807) is 36.4 Å². The first-order chi connectivity index (χ1) is 10.1. The fourth-order valence-electron chi connectivity index (χ4n) is 1.53. The van der Waals surface area contributed by atoms with Crippen LogP contribution in [0.15, 0.2) is 60.7 Å². The summed E-state index contributed by atoms with van der Waals surface area (Å²) in [5.74, 6) is 0. The van der Waals surface area contributed by atoms with Gasteiger partial charge in [0.25, 0.3) is 0 Å². The van der Waals surface area contributed by atoms with Crippen molar-refractivity contribution in [3.63, 3.8) is 0 Å². The second-order valence-electron chi connectivity index (χ2n) is 3.77. The van der Waals surface area contributed by atoms with Crippen molar-refractivity contribution >= 4 is 11.4 Å². The third-order valence-corrected chi connectivity index (χ3v) is 2.41. The number of nitro groups is 2. The van der Waals surface area contributed by atoms with Crippen LogP contribution in [0, 0.1) is 20.2 Å². The molecule has 0 aliphatic carbocycles. The normalized spacial score (nSPS) is 9.90. The average Bonchev–Trinajstić information content (AvgIpc) is 2.49. The molecule has 0 N–H and O–H groups in total. The highest BCUT2D eigenvalue weighted by Crippen LogP contribution is 2.19. The predicted octanol–water partition coefficient (Wildman–Crippen LogP) is 2.23. The Labute approximate surface area is 118 Å². The molecule has 21 heavy (non-hydrogen) atoms. The van der Waals surface area contributed by atoms with E-state index in [-0.39, 0.29) is 21.7 Å². The first-order valence-electron chi connectivity index (χ1n) is 5.76. The Morgan fingerprint density at radius 3 is 1.33 bits per heavy atom. The van der Waals surface area contributed by atoms with E-state index in [4.69, 9.17) is 4.94 Å². The second-order valence-corrected chi connectivity index (χ2v) is 3.77. The van der Waals surface area contributed by atoms with Gasteiger partial charge in [-0.2, -0.15) is 0 Å². The minimum Gasteiger partial charge on any atom is -0.232 e. The van der Waals surface area contributed by atoms with Crippen molar-refractivity contribution in [1.82, 2.24) is 0 Å². The lowest BCUT2D eigenvalue weighted by Gasteiger charge is -2.16. The van der Waals surface area contributed by atoms with Crippen LogP contribution in [0.2, 0.25) is 0 Å². The molecular weight excluding hydrogens is 280 g/mol. The van der Waals surface area contributed by atoms with Crippen LogP contribution in [0.25, 0.3) is 0 Å². The number of hydrogen-bond donors (Lipinski definition) is 0. The molecule has 0 unspecified atom stereocenters. The third kappa shape index (κ3) is 3.42. The highest BCUT2D eigenvalue weighted by Gasteiger charge is 2.30. The first-order valence-corrected chi connectivity index (χ1v) is 5.76. The second kappa shape index (κ2) is 6.30. The predicted molar refractivity (Wildman–Crippen MR) is 72.9 cm³/mol. The van der Waals surface area contributed by atoms with E-state index < -0.39 is 10.1 Å². The molecule has 2 aromatic rings. The number of anilines is 2. The van der Waals surface area contributed by atoms with Crippen molar-refractivity contribution in [3.8, 4) is 0 Å². The van der Waals surface area contributed by atoms with Gasteiger partial charge in [0, 0.05) is 0 Å². The van der Waals surface area contributed by atoms with Crippen LogP contribution in [0.5, 0.6) is 0 Å². The maximum absolute atomic E-state index is 11.0. The Morgan fingerprint density at radius 2 is 1.05 bits per heavy atom. The number of para-hydroxylation sites is 2. The standard InChI is InChI=1S/C12H10N4O5/c17-15(18)13(11-7-3-1-4-8-11)21-14(16(19)20)12-9-5-2-6-10-12/h1-10H. The van der Waals surface area contributed by atoms with Crippen molar-refractivity contribution in [1.29, 1.82) is 0 Å². The molecule has 0 radical (unpaired) electrons. The lowest BCUT2D eigenvalue weighted by Crippen LogP contribution is -2.42. The average molecular weight is 290 g/mol. The zero-order valence-corrected chi connectivity index (χ0v) is 10.6. The zero-order valence-electron chi connectivity index (χ0n) is 10.6. The molecule has 2 rings (SSSR count). The Balaban J connectivity index is 2.30. The zero-order chi connectivity index (χ0) is 15.2.